The lowest BCUT2D eigenvalue weighted by Gasteiger charge is -2.03. The van der Waals surface area contributed by atoms with Gasteiger partial charge in [0.1, 0.15) is 5.75 Å². The molecule has 6 heteroatoms. The molecule has 1 N–H and O–H groups in total. The van der Waals surface area contributed by atoms with Gasteiger partial charge in [-0.15, -0.1) is 0 Å². The number of benzene rings is 2. The van der Waals surface area contributed by atoms with E-state index < -0.39 is 0 Å². The molecule has 6 nitrogen and oxygen atoms in total. The van der Waals surface area contributed by atoms with E-state index in [0.29, 0.717) is 23.0 Å². The van der Waals surface area contributed by atoms with Gasteiger partial charge in [-0.1, -0.05) is 35.0 Å². The third-order valence-electron chi connectivity index (χ3n) is 3.48. The standard InChI is InChI=1S/C18H17N3O3/c1-12-5-3-7-14(9-12)18(22)19-11-16-20-17(21-24-16)13-6-4-8-15(10-13)23-2/h3-10H,11H2,1-2H3,(H,19,22). The highest BCUT2D eigenvalue weighted by Crippen LogP contribution is 2.21. The molecule has 0 saturated heterocycles. The van der Waals surface area contributed by atoms with Crippen LogP contribution in [0.25, 0.3) is 11.4 Å². The number of carbonyl (C=O) groups excluding carboxylic acids is 1. The average Bonchev–Trinajstić information content (AvgIpc) is 3.09. The van der Waals surface area contributed by atoms with Crippen molar-refractivity contribution in [1.82, 2.24) is 15.5 Å². The Labute approximate surface area is 139 Å². The normalized spacial score (nSPS) is 10.4. The van der Waals surface area contributed by atoms with E-state index in [1.54, 1.807) is 13.2 Å². The van der Waals surface area contributed by atoms with Crippen LogP contribution in [0.3, 0.4) is 0 Å². The molecule has 3 aromatic rings. The molecule has 122 valence electrons. The molecule has 0 aliphatic rings. The summed E-state index contributed by atoms with van der Waals surface area (Å²) in [5.41, 5.74) is 2.41. The summed E-state index contributed by atoms with van der Waals surface area (Å²) in [5.74, 6) is 1.33. The van der Waals surface area contributed by atoms with Crippen molar-refractivity contribution in [1.29, 1.82) is 0 Å². The Morgan fingerprint density at radius 3 is 2.83 bits per heavy atom. The highest BCUT2D eigenvalue weighted by Gasteiger charge is 2.11. The van der Waals surface area contributed by atoms with E-state index in [-0.39, 0.29) is 12.5 Å². The number of hydrogen-bond acceptors (Lipinski definition) is 5. The Morgan fingerprint density at radius 2 is 2.04 bits per heavy atom. The van der Waals surface area contributed by atoms with Gasteiger partial charge in [0.15, 0.2) is 0 Å². The number of carbonyl (C=O) groups is 1. The van der Waals surface area contributed by atoms with Gasteiger partial charge in [-0.2, -0.15) is 4.98 Å². The number of rotatable bonds is 5. The molecule has 0 fully saturated rings. The maximum Gasteiger partial charge on any atom is 0.251 e. The van der Waals surface area contributed by atoms with E-state index in [4.69, 9.17) is 9.26 Å². The maximum atomic E-state index is 12.1. The molecule has 0 spiro atoms. The van der Waals surface area contributed by atoms with Crippen LogP contribution in [-0.2, 0) is 6.54 Å². The molecule has 0 saturated carbocycles. The van der Waals surface area contributed by atoms with Crippen molar-refractivity contribution >= 4 is 5.91 Å². The summed E-state index contributed by atoms with van der Waals surface area (Å²) in [5, 5.41) is 6.70. The van der Waals surface area contributed by atoms with E-state index in [9.17, 15) is 4.79 Å². The van der Waals surface area contributed by atoms with Gasteiger partial charge >= 0.3 is 0 Å². The van der Waals surface area contributed by atoms with Crippen molar-refractivity contribution < 1.29 is 14.1 Å². The number of aryl methyl sites for hydroxylation is 1. The molecular formula is C18H17N3O3. The fourth-order valence-corrected chi connectivity index (χ4v) is 2.25. The number of amides is 1. The van der Waals surface area contributed by atoms with Crippen molar-refractivity contribution in [3.05, 3.63) is 65.5 Å². The highest BCUT2D eigenvalue weighted by atomic mass is 16.5. The van der Waals surface area contributed by atoms with Crippen molar-refractivity contribution in [2.75, 3.05) is 7.11 Å². The molecule has 0 atom stereocenters. The van der Waals surface area contributed by atoms with Crippen LogP contribution in [0.15, 0.2) is 53.1 Å². The van der Waals surface area contributed by atoms with Crippen molar-refractivity contribution in [3.8, 4) is 17.1 Å². The number of nitrogens with one attached hydrogen (secondary N) is 1. The summed E-state index contributed by atoms with van der Waals surface area (Å²) in [6, 6.07) is 14.7. The van der Waals surface area contributed by atoms with E-state index in [1.807, 2.05) is 49.4 Å². The maximum absolute atomic E-state index is 12.1. The molecule has 1 heterocycles. The first-order valence-electron chi connectivity index (χ1n) is 7.47. The number of methoxy groups -OCH3 is 1. The van der Waals surface area contributed by atoms with E-state index >= 15 is 0 Å². The molecule has 1 aromatic heterocycles. The van der Waals surface area contributed by atoms with Gasteiger partial charge in [0.2, 0.25) is 11.7 Å². The average molecular weight is 323 g/mol. The third-order valence-corrected chi connectivity index (χ3v) is 3.48. The van der Waals surface area contributed by atoms with Crippen molar-refractivity contribution in [2.24, 2.45) is 0 Å². The zero-order valence-electron chi connectivity index (χ0n) is 13.4. The highest BCUT2D eigenvalue weighted by molar-refractivity contribution is 5.94. The molecule has 0 aliphatic carbocycles. The largest absolute Gasteiger partial charge is 0.497 e. The lowest BCUT2D eigenvalue weighted by molar-refractivity contribution is 0.0946. The Bertz CT molecular complexity index is 858. The molecule has 0 unspecified atom stereocenters. The SMILES string of the molecule is COc1cccc(-c2noc(CNC(=O)c3cccc(C)c3)n2)c1. The summed E-state index contributed by atoms with van der Waals surface area (Å²) >= 11 is 0. The first kappa shape index (κ1) is 15.7. The number of nitrogens with zero attached hydrogens (tertiary/aromatic N) is 2. The van der Waals surface area contributed by atoms with Crippen LogP contribution in [0.4, 0.5) is 0 Å². The first-order chi connectivity index (χ1) is 11.7. The number of hydrogen-bond donors (Lipinski definition) is 1. The van der Waals surface area contributed by atoms with Gasteiger partial charge in [0.25, 0.3) is 5.91 Å². The van der Waals surface area contributed by atoms with Crippen molar-refractivity contribution in [3.63, 3.8) is 0 Å². The summed E-state index contributed by atoms with van der Waals surface area (Å²) in [6.45, 7) is 2.11. The zero-order chi connectivity index (χ0) is 16.9. The summed E-state index contributed by atoms with van der Waals surface area (Å²) in [7, 11) is 1.60. The topological polar surface area (TPSA) is 77.3 Å². The monoisotopic (exact) mass is 323 g/mol. The molecule has 24 heavy (non-hydrogen) atoms. The molecule has 0 bridgehead atoms. The van der Waals surface area contributed by atoms with Gasteiger partial charge in [-0.25, -0.2) is 0 Å². The molecule has 0 radical (unpaired) electrons. The quantitative estimate of drug-likeness (QED) is 0.781. The zero-order valence-corrected chi connectivity index (χ0v) is 13.4. The smallest absolute Gasteiger partial charge is 0.251 e. The Morgan fingerprint density at radius 1 is 1.21 bits per heavy atom. The first-order valence-corrected chi connectivity index (χ1v) is 7.47. The minimum atomic E-state index is -0.181. The summed E-state index contributed by atoms with van der Waals surface area (Å²) in [4.78, 5) is 16.4. The second-order valence-corrected chi connectivity index (χ2v) is 5.30. The number of aromatic nitrogens is 2. The van der Waals surface area contributed by atoms with Crippen LogP contribution in [-0.4, -0.2) is 23.2 Å². The molecule has 3 rings (SSSR count). The lowest BCUT2D eigenvalue weighted by atomic mass is 10.1. The third kappa shape index (κ3) is 3.60. The minimum Gasteiger partial charge on any atom is -0.497 e. The molecule has 1 amide bonds. The van der Waals surface area contributed by atoms with Gasteiger partial charge < -0.3 is 14.6 Å². The van der Waals surface area contributed by atoms with E-state index in [2.05, 4.69) is 15.5 Å². The molecule has 0 aliphatic heterocycles. The molecule has 2 aromatic carbocycles. The predicted molar refractivity (Wildman–Crippen MR) is 88.6 cm³/mol. The van der Waals surface area contributed by atoms with Crippen LogP contribution in [0.5, 0.6) is 5.75 Å². The van der Waals surface area contributed by atoms with Gasteiger partial charge in [-0.3, -0.25) is 4.79 Å². The fraction of sp³-hybridized carbons (Fsp3) is 0.167. The van der Waals surface area contributed by atoms with Crippen LogP contribution >= 0.6 is 0 Å². The van der Waals surface area contributed by atoms with Crippen LogP contribution in [0.2, 0.25) is 0 Å². The van der Waals surface area contributed by atoms with Gasteiger partial charge in [0.05, 0.1) is 13.7 Å². The van der Waals surface area contributed by atoms with Crippen LogP contribution in [0, 0.1) is 6.92 Å². The van der Waals surface area contributed by atoms with Crippen LogP contribution < -0.4 is 10.1 Å². The van der Waals surface area contributed by atoms with Crippen LogP contribution in [0.1, 0.15) is 21.8 Å². The number of ether oxygens (including phenoxy) is 1. The molecular weight excluding hydrogens is 306 g/mol. The lowest BCUT2D eigenvalue weighted by Crippen LogP contribution is -2.22. The van der Waals surface area contributed by atoms with Gasteiger partial charge in [-0.05, 0) is 31.2 Å². The van der Waals surface area contributed by atoms with Gasteiger partial charge in [0, 0.05) is 11.1 Å². The minimum absolute atomic E-state index is 0.170. The Balaban J connectivity index is 1.67. The summed E-state index contributed by atoms with van der Waals surface area (Å²) in [6.07, 6.45) is 0. The van der Waals surface area contributed by atoms with E-state index in [0.717, 1.165) is 11.1 Å². The van der Waals surface area contributed by atoms with E-state index in [1.165, 1.54) is 0 Å². The van der Waals surface area contributed by atoms with Crippen molar-refractivity contribution in [2.45, 2.75) is 13.5 Å². The second-order valence-electron chi connectivity index (χ2n) is 5.30. The Hall–Kier alpha value is -3.15. The fourth-order valence-electron chi connectivity index (χ4n) is 2.25. The predicted octanol–water partition coefficient (Wildman–Crippen LogP) is 2.98. The summed E-state index contributed by atoms with van der Waals surface area (Å²) < 4.78 is 10.4. The second kappa shape index (κ2) is 6.95. The Kier molecular flexibility index (Phi) is 4.56.